The molecule has 4 nitrogen and oxygen atoms in total. The fourth-order valence-electron chi connectivity index (χ4n) is 2.27. The van der Waals surface area contributed by atoms with Crippen molar-refractivity contribution in [3.63, 3.8) is 0 Å². The number of carbonyl (C=O) groups is 1. The van der Waals surface area contributed by atoms with Crippen LogP contribution in [0.15, 0.2) is 18.2 Å². The van der Waals surface area contributed by atoms with E-state index in [0.29, 0.717) is 36.2 Å². The van der Waals surface area contributed by atoms with Crippen molar-refractivity contribution in [2.24, 2.45) is 5.92 Å². The second-order valence-corrected chi connectivity index (χ2v) is 5.53. The lowest BCUT2D eigenvalue weighted by Gasteiger charge is -2.17. The van der Waals surface area contributed by atoms with Crippen molar-refractivity contribution in [3.05, 3.63) is 23.8 Å². The number of rotatable bonds is 8. The Bertz CT molecular complexity index is 457. The van der Waals surface area contributed by atoms with Crippen molar-refractivity contribution in [1.29, 1.82) is 0 Å². The van der Waals surface area contributed by atoms with Gasteiger partial charge < -0.3 is 14.8 Å². The van der Waals surface area contributed by atoms with E-state index in [4.69, 9.17) is 9.47 Å². The summed E-state index contributed by atoms with van der Waals surface area (Å²) in [4.78, 5) is 12.3. The number of nitrogens with one attached hydrogen (secondary N) is 1. The van der Waals surface area contributed by atoms with E-state index in [2.05, 4.69) is 19.2 Å². The zero-order chi connectivity index (χ0) is 15.8. The van der Waals surface area contributed by atoms with Gasteiger partial charge in [-0.05, 0) is 51.3 Å². The topological polar surface area (TPSA) is 47.6 Å². The zero-order valence-electron chi connectivity index (χ0n) is 13.7. The molecule has 0 spiro atoms. The van der Waals surface area contributed by atoms with E-state index in [1.165, 1.54) is 0 Å². The average Bonchev–Trinajstić information content (AvgIpc) is 2.40. The Morgan fingerprint density at radius 1 is 1.10 bits per heavy atom. The Hall–Kier alpha value is -1.71. The second-order valence-electron chi connectivity index (χ2n) is 5.53. The highest BCUT2D eigenvalue weighted by atomic mass is 16.5. The van der Waals surface area contributed by atoms with Crippen LogP contribution in [-0.4, -0.2) is 25.2 Å². The van der Waals surface area contributed by atoms with Gasteiger partial charge in [-0.25, -0.2) is 0 Å². The molecule has 21 heavy (non-hydrogen) atoms. The summed E-state index contributed by atoms with van der Waals surface area (Å²) >= 11 is 0. The summed E-state index contributed by atoms with van der Waals surface area (Å²) in [7, 11) is 0. The van der Waals surface area contributed by atoms with E-state index in [0.717, 1.165) is 6.42 Å². The van der Waals surface area contributed by atoms with Gasteiger partial charge in [-0.2, -0.15) is 0 Å². The van der Waals surface area contributed by atoms with Crippen molar-refractivity contribution >= 4 is 5.91 Å². The van der Waals surface area contributed by atoms with Crippen molar-refractivity contribution in [2.75, 3.05) is 13.2 Å². The predicted octanol–water partition coefficient (Wildman–Crippen LogP) is 3.65. The molecule has 0 aliphatic rings. The first kappa shape index (κ1) is 17.3. The maximum Gasteiger partial charge on any atom is 0.251 e. The van der Waals surface area contributed by atoms with Gasteiger partial charge in [0.15, 0.2) is 11.5 Å². The number of amides is 1. The van der Waals surface area contributed by atoms with Crippen LogP contribution in [0.3, 0.4) is 0 Å². The summed E-state index contributed by atoms with van der Waals surface area (Å²) < 4.78 is 11.0. The molecule has 1 unspecified atom stereocenters. The molecule has 1 N–H and O–H groups in total. The van der Waals surface area contributed by atoms with Crippen molar-refractivity contribution < 1.29 is 14.3 Å². The lowest BCUT2D eigenvalue weighted by atomic mass is 10.0. The van der Waals surface area contributed by atoms with E-state index < -0.39 is 0 Å². The van der Waals surface area contributed by atoms with Crippen LogP contribution < -0.4 is 14.8 Å². The molecule has 0 radical (unpaired) electrons. The molecule has 118 valence electrons. The number of carbonyl (C=O) groups excluding carboxylic acids is 1. The molecule has 0 saturated heterocycles. The lowest BCUT2D eigenvalue weighted by Crippen LogP contribution is -2.33. The highest BCUT2D eigenvalue weighted by Crippen LogP contribution is 2.28. The standard InChI is InChI=1S/C17H27NO3/c1-6-20-15-9-8-14(11-16(15)21-7-2)17(19)18-13(5)10-12(3)4/h8-9,11-13H,6-7,10H2,1-5H3,(H,18,19). The second kappa shape index (κ2) is 8.55. The molecule has 0 aliphatic carbocycles. The molecule has 0 heterocycles. The van der Waals surface area contributed by atoms with Crippen LogP contribution in [-0.2, 0) is 0 Å². The highest BCUT2D eigenvalue weighted by molar-refractivity contribution is 5.95. The number of hydrogen-bond acceptors (Lipinski definition) is 3. The molecule has 1 rings (SSSR count). The maximum atomic E-state index is 12.3. The van der Waals surface area contributed by atoms with Crippen molar-refractivity contribution in [3.8, 4) is 11.5 Å². The van der Waals surface area contributed by atoms with Gasteiger partial charge in [0.2, 0.25) is 0 Å². The molecule has 0 saturated carbocycles. The van der Waals surface area contributed by atoms with Crippen LogP contribution >= 0.6 is 0 Å². The van der Waals surface area contributed by atoms with Crippen molar-refractivity contribution in [2.45, 2.75) is 47.1 Å². The summed E-state index contributed by atoms with van der Waals surface area (Å²) in [5.41, 5.74) is 0.595. The van der Waals surface area contributed by atoms with E-state index in [9.17, 15) is 4.79 Å². The molecular formula is C17H27NO3. The van der Waals surface area contributed by atoms with Crippen LogP contribution in [0.1, 0.15) is 51.4 Å². The summed E-state index contributed by atoms with van der Waals surface area (Å²) in [5.74, 6) is 1.77. The fraction of sp³-hybridized carbons (Fsp3) is 0.588. The molecule has 1 amide bonds. The predicted molar refractivity (Wildman–Crippen MR) is 85.2 cm³/mol. The minimum Gasteiger partial charge on any atom is -0.490 e. The van der Waals surface area contributed by atoms with E-state index >= 15 is 0 Å². The first-order valence-corrected chi connectivity index (χ1v) is 7.68. The van der Waals surface area contributed by atoms with E-state index in [1.54, 1.807) is 18.2 Å². The number of hydrogen-bond donors (Lipinski definition) is 1. The largest absolute Gasteiger partial charge is 0.490 e. The van der Waals surface area contributed by atoms with Crippen LogP contribution in [0.2, 0.25) is 0 Å². The SMILES string of the molecule is CCOc1ccc(C(=O)NC(C)CC(C)C)cc1OCC. The van der Waals surface area contributed by atoms with E-state index in [-0.39, 0.29) is 11.9 Å². The van der Waals surface area contributed by atoms with Gasteiger partial charge in [-0.15, -0.1) is 0 Å². The third-order valence-electron chi connectivity index (χ3n) is 3.01. The Balaban J connectivity index is 2.82. The minimum atomic E-state index is -0.0767. The number of benzene rings is 1. The van der Waals surface area contributed by atoms with Crippen LogP contribution in [0, 0.1) is 5.92 Å². The number of ether oxygens (including phenoxy) is 2. The van der Waals surface area contributed by atoms with Crippen molar-refractivity contribution in [1.82, 2.24) is 5.32 Å². The highest BCUT2D eigenvalue weighted by Gasteiger charge is 2.14. The first-order valence-electron chi connectivity index (χ1n) is 7.68. The monoisotopic (exact) mass is 293 g/mol. The molecule has 0 aliphatic heterocycles. The Morgan fingerprint density at radius 3 is 2.29 bits per heavy atom. The van der Waals surface area contributed by atoms with Gasteiger partial charge in [0.25, 0.3) is 5.91 Å². The Morgan fingerprint density at radius 2 is 1.71 bits per heavy atom. The molecular weight excluding hydrogens is 266 g/mol. The van der Waals surface area contributed by atoms with Gasteiger partial charge >= 0.3 is 0 Å². The molecule has 1 aromatic carbocycles. The summed E-state index contributed by atoms with van der Waals surface area (Å²) in [6, 6.07) is 5.45. The Kier molecular flexibility index (Phi) is 7.06. The molecule has 0 aromatic heterocycles. The molecule has 1 atom stereocenters. The van der Waals surface area contributed by atoms with Crippen LogP contribution in [0.25, 0.3) is 0 Å². The zero-order valence-corrected chi connectivity index (χ0v) is 13.7. The fourth-order valence-corrected chi connectivity index (χ4v) is 2.27. The first-order chi connectivity index (χ1) is 9.97. The molecule has 0 bridgehead atoms. The third-order valence-corrected chi connectivity index (χ3v) is 3.01. The van der Waals surface area contributed by atoms with Gasteiger partial charge in [-0.1, -0.05) is 13.8 Å². The average molecular weight is 293 g/mol. The van der Waals surface area contributed by atoms with Crippen LogP contribution in [0.5, 0.6) is 11.5 Å². The van der Waals surface area contributed by atoms with Gasteiger partial charge in [0.1, 0.15) is 0 Å². The summed E-state index contributed by atoms with van der Waals surface area (Å²) in [5, 5.41) is 3.01. The van der Waals surface area contributed by atoms with Gasteiger partial charge in [0, 0.05) is 11.6 Å². The maximum absolute atomic E-state index is 12.3. The Labute approximate surface area is 127 Å². The van der Waals surface area contributed by atoms with E-state index in [1.807, 2.05) is 20.8 Å². The smallest absolute Gasteiger partial charge is 0.251 e. The summed E-state index contributed by atoms with van der Waals surface area (Å²) in [6.07, 6.45) is 0.959. The van der Waals surface area contributed by atoms with Crippen LogP contribution in [0.4, 0.5) is 0 Å². The minimum absolute atomic E-state index is 0.0767. The normalized spacial score (nSPS) is 12.1. The lowest BCUT2D eigenvalue weighted by molar-refractivity contribution is 0.0935. The van der Waals surface area contributed by atoms with Gasteiger partial charge in [0.05, 0.1) is 13.2 Å². The third kappa shape index (κ3) is 5.66. The van der Waals surface area contributed by atoms with Gasteiger partial charge in [-0.3, -0.25) is 4.79 Å². The summed E-state index contributed by atoms with van der Waals surface area (Å²) in [6.45, 7) is 11.2. The quantitative estimate of drug-likeness (QED) is 0.796. The molecule has 4 heteroatoms. The molecule has 0 fully saturated rings. The molecule has 1 aromatic rings.